The molecule has 2 aromatic heterocycles. The highest BCUT2D eigenvalue weighted by Gasteiger charge is 2.18. The lowest BCUT2D eigenvalue weighted by Gasteiger charge is -2.30. The molecule has 5 rings (SSSR count). The maximum Gasteiger partial charge on any atom is 0.232 e. The minimum Gasteiger partial charge on any atom is -0.356 e. The summed E-state index contributed by atoms with van der Waals surface area (Å²) in [5, 5.41) is 8.60. The van der Waals surface area contributed by atoms with Gasteiger partial charge in [-0.15, -0.1) is 0 Å². The molecule has 1 saturated heterocycles. The van der Waals surface area contributed by atoms with E-state index in [9.17, 15) is 4.79 Å². The van der Waals surface area contributed by atoms with E-state index in [4.69, 9.17) is 4.52 Å². The van der Waals surface area contributed by atoms with Gasteiger partial charge >= 0.3 is 0 Å². The van der Waals surface area contributed by atoms with E-state index in [0.29, 0.717) is 10.8 Å². The number of hydrogen-bond acceptors (Lipinski definition) is 6. The number of nitrogens with one attached hydrogen (secondary N) is 1. The second-order valence-corrected chi connectivity index (χ2v) is 10.1. The minimum absolute atomic E-state index is 0.138. The number of piperidine rings is 1. The predicted molar refractivity (Wildman–Crippen MR) is 129 cm³/mol. The fraction of sp³-hybridized carbons (Fsp3) is 0.400. The Balaban J connectivity index is 1.27. The first kappa shape index (κ1) is 21.1. The van der Waals surface area contributed by atoms with Gasteiger partial charge < -0.3 is 9.84 Å². The number of rotatable bonds is 5. The highest BCUT2D eigenvalue weighted by atomic mass is 32.1. The molecule has 2 aromatic carbocycles. The third kappa shape index (κ3) is 4.40. The molecular weight excluding hydrogens is 420 g/mol. The maximum atomic E-state index is 12.7. The number of anilines is 1. The Hall–Kier alpha value is -2.77. The van der Waals surface area contributed by atoms with Crippen LogP contribution in [0.4, 0.5) is 5.13 Å². The number of nitrogens with zero attached hydrogens (tertiary/aromatic N) is 3. The van der Waals surface area contributed by atoms with Crippen molar-refractivity contribution >= 4 is 43.6 Å². The first-order valence-corrected chi connectivity index (χ1v) is 12.0. The number of benzene rings is 2. The van der Waals surface area contributed by atoms with Crippen molar-refractivity contribution in [1.82, 2.24) is 15.0 Å². The number of amides is 1. The smallest absolute Gasteiger partial charge is 0.232 e. The summed E-state index contributed by atoms with van der Waals surface area (Å²) in [6.07, 6.45) is 2.71. The van der Waals surface area contributed by atoms with Gasteiger partial charge in [0, 0.05) is 11.9 Å². The molecule has 3 heterocycles. The Labute approximate surface area is 191 Å². The Morgan fingerprint density at radius 3 is 2.84 bits per heavy atom. The normalized spacial score (nSPS) is 15.6. The third-order valence-corrected chi connectivity index (χ3v) is 7.22. The number of aromatic nitrogens is 2. The second kappa shape index (κ2) is 8.64. The summed E-state index contributed by atoms with van der Waals surface area (Å²) < 4.78 is 6.57. The zero-order chi connectivity index (χ0) is 22.2. The molecule has 0 spiro atoms. The molecule has 1 aliphatic rings. The number of fused-ring (bicyclic) bond motifs is 2. The van der Waals surface area contributed by atoms with Gasteiger partial charge in [0.2, 0.25) is 5.91 Å². The first-order valence-electron chi connectivity index (χ1n) is 11.2. The zero-order valence-corrected chi connectivity index (χ0v) is 19.6. The van der Waals surface area contributed by atoms with Crippen LogP contribution >= 0.6 is 11.3 Å². The van der Waals surface area contributed by atoms with Crippen LogP contribution in [-0.4, -0.2) is 34.0 Å². The van der Waals surface area contributed by atoms with E-state index in [2.05, 4.69) is 51.5 Å². The highest BCUT2D eigenvalue weighted by molar-refractivity contribution is 7.22. The molecule has 0 bridgehead atoms. The van der Waals surface area contributed by atoms with E-state index in [0.717, 1.165) is 44.8 Å². The molecule has 0 saturated carbocycles. The van der Waals surface area contributed by atoms with Crippen LogP contribution in [0.2, 0.25) is 0 Å². The van der Waals surface area contributed by atoms with Crippen molar-refractivity contribution in [3.05, 3.63) is 52.7 Å². The van der Waals surface area contributed by atoms with Gasteiger partial charge in [0.15, 0.2) is 10.7 Å². The molecule has 7 heteroatoms. The maximum absolute atomic E-state index is 12.7. The number of carbonyl (C=O) groups is 1. The van der Waals surface area contributed by atoms with Gasteiger partial charge in [-0.2, -0.15) is 0 Å². The molecule has 1 amide bonds. The van der Waals surface area contributed by atoms with Gasteiger partial charge in [0.25, 0.3) is 0 Å². The lowest BCUT2D eigenvalue weighted by molar-refractivity contribution is -0.115. The number of aryl methyl sites for hydroxylation is 2. The average molecular weight is 449 g/mol. The average Bonchev–Trinajstić information content (AvgIpc) is 3.33. The van der Waals surface area contributed by atoms with Crippen LogP contribution in [-0.2, 0) is 17.8 Å². The second-order valence-electron chi connectivity index (χ2n) is 9.09. The number of likely N-dealkylation sites (tertiary alicyclic amines) is 1. The largest absolute Gasteiger partial charge is 0.356 e. The summed E-state index contributed by atoms with van der Waals surface area (Å²) in [7, 11) is 0. The molecule has 1 aliphatic heterocycles. The van der Waals surface area contributed by atoms with Crippen LogP contribution in [0.5, 0.6) is 0 Å². The van der Waals surface area contributed by atoms with Gasteiger partial charge in [-0.25, -0.2) is 4.98 Å². The van der Waals surface area contributed by atoms with Gasteiger partial charge in [-0.05, 0) is 80.6 Å². The van der Waals surface area contributed by atoms with Gasteiger partial charge in [0.05, 0.1) is 16.6 Å². The number of thiazole rings is 1. The van der Waals surface area contributed by atoms with Crippen LogP contribution in [0.15, 0.2) is 34.9 Å². The third-order valence-electron chi connectivity index (χ3n) is 6.29. The van der Waals surface area contributed by atoms with E-state index in [1.165, 1.54) is 42.8 Å². The molecule has 6 nitrogen and oxygen atoms in total. The molecule has 1 N–H and O–H groups in total. The predicted octanol–water partition coefficient (Wildman–Crippen LogP) is 5.47. The Kier molecular flexibility index (Phi) is 5.69. The molecule has 4 aromatic rings. The Bertz CT molecular complexity index is 1280. The lowest BCUT2D eigenvalue weighted by atomic mass is 9.99. The van der Waals surface area contributed by atoms with Crippen molar-refractivity contribution in [3.63, 3.8) is 0 Å². The van der Waals surface area contributed by atoms with E-state index in [-0.39, 0.29) is 12.3 Å². The molecule has 0 unspecified atom stereocenters. The van der Waals surface area contributed by atoms with Gasteiger partial charge in [-0.3, -0.25) is 9.69 Å². The minimum atomic E-state index is -0.138. The molecule has 32 heavy (non-hydrogen) atoms. The van der Waals surface area contributed by atoms with Crippen molar-refractivity contribution in [3.8, 4) is 0 Å². The monoisotopic (exact) mass is 448 g/mol. The molecule has 0 atom stereocenters. The molecule has 1 fully saturated rings. The van der Waals surface area contributed by atoms with Crippen LogP contribution in [0.1, 0.15) is 42.1 Å². The fourth-order valence-corrected chi connectivity index (χ4v) is 5.43. The quantitative estimate of drug-likeness (QED) is 0.438. The summed E-state index contributed by atoms with van der Waals surface area (Å²) in [6, 6.07) is 10.5. The SMILES string of the molecule is Cc1cc(C)c2onc(CC(=O)Nc3nc4ccc(CN5CCC(C)CC5)cc4s3)c2c1. The molecule has 0 aliphatic carbocycles. The lowest BCUT2D eigenvalue weighted by Crippen LogP contribution is -2.32. The zero-order valence-electron chi connectivity index (χ0n) is 18.8. The Morgan fingerprint density at radius 2 is 2.03 bits per heavy atom. The van der Waals surface area contributed by atoms with E-state index in [1.54, 1.807) is 0 Å². The summed E-state index contributed by atoms with van der Waals surface area (Å²) in [6.45, 7) is 9.66. The van der Waals surface area contributed by atoms with Crippen molar-refractivity contribution < 1.29 is 9.32 Å². The van der Waals surface area contributed by atoms with Crippen LogP contribution in [0.3, 0.4) is 0 Å². The summed E-state index contributed by atoms with van der Waals surface area (Å²) in [4.78, 5) is 19.8. The number of hydrogen-bond donors (Lipinski definition) is 1. The van der Waals surface area contributed by atoms with Gasteiger partial charge in [-0.1, -0.05) is 35.5 Å². The first-order chi connectivity index (χ1) is 15.4. The highest BCUT2D eigenvalue weighted by Crippen LogP contribution is 2.29. The fourth-order valence-electron chi connectivity index (χ4n) is 4.48. The topological polar surface area (TPSA) is 71.3 Å². The molecule has 166 valence electrons. The standard InChI is InChI=1S/C25H28N4O2S/c1-15-6-8-29(9-7-15)14-18-4-5-20-22(12-18)32-25(26-20)27-23(30)13-21-19-11-16(2)10-17(3)24(19)31-28-21/h4-5,10-12,15H,6-9,13-14H2,1-3H3,(H,26,27,30). The van der Waals surface area contributed by atoms with Crippen molar-refractivity contribution in [2.75, 3.05) is 18.4 Å². The van der Waals surface area contributed by atoms with Crippen molar-refractivity contribution in [2.45, 2.75) is 46.6 Å². The molecular formula is C25H28N4O2S. The Morgan fingerprint density at radius 1 is 1.22 bits per heavy atom. The van der Waals surface area contributed by atoms with Gasteiger partial charge in [0.1, 0.15) is 5.69 Å². The molecule has 0 radical (unpaired) electrons. The van der Waals surface area contributed by atoms with E-state index < -0.39 is 0 Å². The summed E-state index contributed by atoms with van der Waals surface area (Å²) in [5.74, 6) is 0.700. The van der Waals surface area contributed by atoms with Crippen molar-refractivity contribution in [1.29, 1.82) is 0 Å². The van der Waals surface area contributed by atoms with Crippen LogP contribution < -0.4 is 5.32 Å². The van der Waals surface area contributed by atoms with E-state index in [1.807, 2.05) is 19.9 Å². The summed E-state index contributed by atoms with van der Waals surface area (Å²) in [5.41, 5.74) is 5.77. The van der Waals surface area contributed by atoms with Crippen LogP contribution in [0, 0.1) is 19.8 Å². The van der Waals surface area contributed by atoms with E-state index >= 15 is 0 Å². The number of carbonyl (C=O) groups excluding carboxylic acids is 1. The van der Waals surface area contributed by atoms with Crippen LogP contribution in [0.25, 0.3) is 21.2 Å². The summed E-state index contributed by atoms with van der Waals surface area (Å²) >= 11 is 1.52. The van der Waals surface area contributed by atoms with Crippen molar-refractivity contribution in [2.24, 2.45) is 5.92 Å².